The Morgan fingerprint density at radius 1 is 1.07 bits per heavy atom. The molecule has 0 bridgehead atoms. The van der Waals surface area contributed by atoms with Gasteiger partial charge in [0, 0.05) is 17.1 Å². The Balaban J connectivity index is 1.77. The van der Waals surface area contributed by atoms with Crippen LogP contribution in [0.3, 0.4) is 0 Å². The lowest BCUT2D eigenvalue weighted by molar-refractivity contribution is 0.0942. The van der Waals surface area contributed by atoms with Crippen LogP contribution in [0.2, 0.25) is 5.02 Å². The minimum absolute atomic E-state index is 0.0257. The van der Waals surface area contributed by atoms with E-state index in [9.17, 15) is 4.79 Å². The van der Waals surface area contributed by atoms with Crippen LogP contribution in [0.15, 0.2) is 42.5 Å². The van der Waals surface area contributed by atoms with Crippen molar-refractivity contribution in [2.24, 2.45) is 0 Å². The third kappa shape index (κ3) is 4.43. The zero-order valence-electron chi connectivity index (χ0n) is 16.0. The van der Waals surface area contributed by atoms with Gasteiger partial charge in [0.05, 0.1) is 28.5 Å². The largest absolute Gasteiger partial charge is 0.350 e. The van der Waals surface area contributed by atoms with E-state index in [0.717, 1.165) is 28.0 Å². The highest BCUT2D eigenvalue weighted by atomic mass is 35.5. The van der Waals surface area contributed by atoms with Gasteiger partial charge in [0.15, 0.2) is 0 Å². The van der Waals surface area contributed by atoms with Crippen molar-refractivity contribution in [1.82, 2.24) is 20.2 Å². The van der Waals surface area contributed by atoms with Crippen LogP contribution in [0.1, 0.15) is 33.4 Å². The predicted molar refractivity (Wildman–Crippen MR) is 109 cm³/mol. The Bertz CT molecular complexity index is 987. The zero-order chi connectivity index (χ0) is 19.6. The number of likely N-dealkylation sites (N-methyl/N-ethyl adjacent to an activating group) is 1. The molecule has 1 amide bonds. The molecule has 0 spiro atoms. The van der Waals surface area contributed by atoms with Gasteiger partial charge in [-0.1, -0.05) is 23.7 Å². The molecular formula is C21H23ClN4O. The average molecular weight is 383 g/mol. The summed E-state index contributed by atoms with van der Waals surface area (Å²) in [6.45, 7) is 4.32. The summed E-state index contributed by atoms with van der Waals surface area (Å²) in [5.74, 6) is -0.134. The third-order valence-corrected chi connectivity index (χ3v) is 4.89. The van der Waals surface area contributed by atoms with Crippen molar-refractivity contribution in [1.29, 1.82) is 0 Å². The number of carbonyl (C=O) groups excluding carboxylic acids is 1. The molecule has 6 heteroatoms. The second-order valence-electron chi connectivity index (χ2n) is 6.84. The number of nitrogens with one attached hydrogen (secondary N) is 1. The normalized spacial score (nSPS) is 12.4. The molecule has 3 aromatic rings. The first-order chi connectivity index (χ1) is 12.8. The summed E-state index contributed by atoms with van der Waals surface area (Å²) in [6, 6.07) is 13.1. The van der Waals surface area contributed by atoms with Gasteiger partial charge in [-0.2, -0.15) is 0 Å². The van der Waals surface area contributed by atoms with Crippen LogP contribution in [0, 0.1) is 13.8 Å². The van der Waals surface area contributed by atoms with Gasteiger partial charge in [-0.15, -0.1) is 0 Å². The third-order valence-electron chi connectivity index (χ3n) is 4.65. The Kier molecular flexibility index (Phi) is 5.73. The van der Waals surface area contributed by atoms with Crippen molar-refractivity contribution >= 4 is 28.5 Å². The van der Waals surface area contributed by atoms with E-state index in [1.54, 1.807) is 12.1 Å². The number of amides is 1. The highest BCUT2D eigenvalue weighted by Crippen LogP contribution is 2.21. The van der Waals surface area contributed by atoms with Gasteiger partial charge in [-0.3, -0.25) is 4.79 Å². The van der Waals surface area contributed by atoms with Crippen molar-refractivity contribution in [3.63, 3.8) is 0 Å². The topological polar surface area (TPSA) is 58.1 Å². The quantitative estimate of drug-likeness (QED) is 0.726. The second-order valence-corrected chi connectivity index (χ2v) is 7.28. The van der Waals surface area contributed by atoms with Crippen molar-refractivity contribution in [3.05, 3.63) is 70.0 Å². The molecule has 1 N–H and O–H groups in total. The smallest absolute Gasteiger partial charge is 0.251 e. The van der Waals surface area contributed by atoms with Gasteiger partial charge < -0.3 is 10.2 Å². The minimum atomic E-state index is -0.134. The first kappa shape index (κ1) is 19.3. The monoisotopic (exact) mass is 382 g/mol. The molecule has 1 atom stereocenters. The molecule has 0 saturated heterocycles. The summed E-state index contributed by atoms with van der Waals surface area (Å²) in [7, 11) is 3.96. The number of halogens is 1. The Morgan fingerprint density at radius 3 is 2.44 bits per heavy atom. The van der Waals surface area contributed by atoms with Crippen LogP contribution in [0.4, 0.5) is 0 Å². The fourth-order valence-corrected chi connectivity index (χ4v) is 3.17. The summed E-state index contributed by atoms with van der Waals surface area (Å²) in [5, 5.41) is 3.70. The van der Waals surface area contributed by atoms with Crippen LogP contribution in [0.5, 0.6) is 0 Å². The Labute approximate surface area is 164 Å². The van der Waals surface area contributed by atoms with Crippen LogP contribution in [0.25, 0.3) is 11.0 Å². The van der Waals surface area contributed by atoms with Gasteiger partial charge in [0.25, 0.3) is 5.91 Å². The van der Waals surface area contributed by atoms with Crippen molar-refractivity contribution in [2.75, 3.05) is 20.6 Å². The predicted octanol–water partition coefficient (Wildman–Crippen LogP) is 3.93. The number of carbonyl (C=O) groups is 1. The Hall–Kier alpha value is -2.50. The van der Waals surface area contributed by atoms with E-state index in [-0.39, 0.29) is 11.9 Å². The fourth-order valence-electron chi connectivity index (χ4n) is 2.98. The lowest BCUT2D eigenvalue weighted by Crippen LogP contribution is -2.34. The summed E-state index contributed by atoms with van der Waals surface area (Å²) < 4.78 is 0. The number of aryl methyl sites for hydroxylation is 2. The molecule has 0 aliphatic carbocycles. The standard InChI is InChI=1S/C21H23ClN4O/c1-13-14(2)25-19-11-16(8-9-18(19)24-13)21(27)23-12-20(26(3)4)15-6-5-7-17(22)10-15/h5-11,20H,12H2,1-4H3,(H,23,27). The van der Waals surface area contributed by atoms with Crippen molar-refractivity contribution in [2.45, 2.75) is 19.9 Å². The van der Waals surface area contributed by atoms with Gasteiger partial charge in [-0.05, 0) is 63.8 Å². The highest BCUT2D eigenvalue weighted by Gasteiger charge is 2.16. The number of aromatic nitrogens is 2. The number of fused-ring (bicyclic) bond motifs is 1. The molecule has 1 unspecified atom stereocenters. The summed E-state index contributed by atoms with van der Waals surface area (Å²) >= 11 is 6.11. The van der Waals surface area contributed by atoms with Gasteiger partial charge >= 0.3 is 0 Å². The molecule has 0 aliphatic rings. The molecular weight excluding hydrogens is 360 g/mol. The van der Waals surface area contributed by atoms with Gasteiger partial charge in [0.1, 0.15) is 0 Å². The lowest BCUT2D eigenvalue weighted by Gasteiger charge is -2.25. The number of rotatable bonds is 5. The van der Waals surface area contributed by atoms with Gasteiger partial charge in [-0.25, -0.2) is 9.97 Å². The first-order valence-electron chi connectivity index (χ1n) is 8.80. The summed E-state index contributed by atoms with van der Waals surface area (Å²) in [4.78, 5) is 23.8. The molecule has 27 heavy (non-hydrogen) atoms. The van der Waals surface area contributed by atoms with E-state index >= 15 is 0 Å². The van der Waals surface area contributed by atoms with Crippen LogP contribution in [-0.4, -0.2) is 41.4 Å². The molecule has 2 aromatic carbocycles. The maximum atomic E-state index is 12.7. The van der Waals surface area contributed by atoms with Crippen molar-refractivity contribution < 1.29 is 4.79 Å². The van der Waals surface area contributed by atoms with E-state index < -0.39 is 0 Å². The van der Waals surface area contributed by atoms with Crippen LogP contribution in [-0.2, 0) is 0 Å². The van der Waals surface area contributed by atoms with E-state index in [0.29, 0.717) is 17.1 Å². The maximum absolute atomic E-state index is 12.7. The van der Waals surface area contributed by atoms with Crippen molar-refractivity contribution in [3.8, 4) is 0 Å². The molecule has 3 rings (SSSR count). The van der Waals surface area contributed by atoms with E-state index in [1.165, 1.54) is 0 Å². The van der Waals surface area contributed by atoms with Crippen LogP contribution >= 0.6 is 11.6 Å². The summed E-state index contributed by atoms with van der Waals surface area (Å²) in [6.07, 6.45) is 0. The average Bonchev–Trinajstić information content (AvgIpc) is 2.62. The Morgan fingerprint density at radius 2 is 1.78 bits per heavy atom. The van der Waals surface area contributed by atoms with Crippen LogP contribution < -0.4 is 5.32 Å². The maximum Gasteiger partial charge on any atom is 0.251 e. The highest BCUT2D eigenvalue weighted by molar-refractivity contribution is 6.30. The molecule has 0 fully saturated rings. The molecule has 5 nitrogen and oxygen atoms in total. The molecule has 0 aliphatic heterocycles. The SMILES string of the molecule is Cc1nc2ccc(C(=O)NCC(c3cccc(Cl)c3)N(C)C)cc2nc1C. The molecule has 0 radical (unpaired) electrons. The fraction of sp³-hybridized carbons (Fsp3) is 0.286. The molecule has 140 valence electrons. The minimum Gasteiger partial charge on any atom is -0.350 e. The van der Waals surface area contributed by atoms with Gasteiger partial charge in [0.2, 0.25) is 0 Å². The lowest BCUT2D eigenvalue weighted by atomic mass is 10.1. The molecule has 0 saturated carbocycles. The zero-order valence-corrected chi connectivity index (χ0v) is 16.7. The number of hydrogen-bond donors (Lipinski definition) is 1. The van der Waals surface area contributed by atoms with E-state index in [1.807, 2.05) is 58.3 Å². The number of hydrogen-bond acceptors (Lipinski definition) is 4. The molecule has 1 heterocycles. The first-order valence-corrected chi connectivity index (χ1v) is 9.18. The van der Waals surface area contributed by atoms with E-state index in [4.69, 9.17) is 11.6 Å². The number of nitrogens with zero attached hydrogens (tertiary/aromatic N) is 3. The molecule has 1 aromatic heterocycles. The second kappa shape index (κ2) is 8.03. The van der Waals surface area contributed by atoms with E-state index in [2.05, 4.69) is 20.2 Å². The number of benzene rings is 2. The summed E-state index contributed by atoms with van der Waals surface area (Å²) in [5.41, 5.74) is 4.92.